The van der Waals surface area contributed by atoms with Crippen molar-refractivity contribution in [2.24, 2.45) is 0 Å². The largest absolute Gasteiger partial charge is 0.494 e. The van der Waals surface area contributed by atoms with Crippen LogP contribution in [0.3, 0.4) is 0 Å². The van der Waals surface area contributed by atoms with E-state index in [-0.39, 0.29) is 0 Å². The van der Waals surface area contributed by atoms with Crippen LogP contribution in [0.15, 0.2) is 24.5 Å². The molecule has 5 nitrogen and oxygen atoms in total. The van der Waals surface area contributed by atoms with Crippen molar-refractivity contribution in [3.05, 3.63) is 30.1 Å². The molecule has 0 radical (unpaired) electrons. The minimum absolute atomic E-state index is 0.408. The molecular formula is C10H10N2O3. The maximum Gasteiger partial charge on any atom is 0.339 e. The molecule has 2 heterocycles. The first kappa shape index (κ1) is 9.51. The zero-order chi connectivity index (χ0) is 10.8. The molecule has 0 saturated carbocycles. The van der Waals surface area contributed by atoms with Crippen LogP contribution in [-0.2, 0) is 4.74 Å². The fourth-order valence-corrected chi connectivity index (χ4v) is 1.39. The average Bonchev–Trinajstić information content (AvgIpc) is 2.74. The highest BCUT2D eigenvalue weighted by atomic mass is 16.5. The zero-order valence-corrected chi connectivity index (χ0v) is 8.43. The van der Waals surface area contributed by atoms with Gasteiger partial charge in [0, 0.05) is 6.20 Å². The number of carbonyl (C=O) groups excluding carboxylic acids is 1. The third-order valence-corrected chi connectivity index (χ3v) is 2.11. The van der Waals surface area contributed by atoms with Crippen LogP contribution in [-0.4, -0.2) is 29.8 Å². The quantitative estimate of drug-likeness (QED) is 0.691. The Labute approximate surface area is 86.2 Å². The van der Waals surface area contributed by atoms with E-state index < -0.39 is 5.97 Å². The van der Waals surface area contributed by atoms with Gasteiger partial charge in [0.1, 0.15) is 11.3 Å². The van der Waals surface area contributed by atoms with Crippen molar-refractivity contribution >= 4 is 11.5 Å². The van der Waals surface area contributed by atoms with E-state index in [2.05, 4.69) is 9.84 Å². The van der Waals surface area contributed by atoms with Crippen LogP contribution in [0, 0.1) is 0 Å². The summed E-state index contributed by atoms with van der Waals surface area (Å²) in [6.45, 7) is 0. The van der Waals surface area contributed by atoms with Gasteiger partial charge in [-0.1, -0.05) is 0 Å². The van der Waals surface area contributed by atoms with E-state index in [1.165, 1.54) is 7.11 Å². The molecule has 78 valence electrons. The fraction of sp³-hybridized carbons (Fsp3) is 0.200. The lowest BCUT2D eigenvalue weighted by Crippen LogP contribution is -2.04. The van der Waals surface area contributed by atoms with Crippen molar-refractivity contribution in [3.63, 3.8) is 0 Å². The van der Waals surface area contributed by atoms with Gasteiger partial charge in [0.15, 0.2) is 0 Å². The first-order valence-corrected chi connectivity index (χ1v) is 4.36. The summed E-state index contributed by atoms with van der Waals surface area (Å²) >= 11 is 0. The molecule has 15 heavy (non-hydrogen) atoms. The Morgan fingerprint density at radius 1 is 1.47 bits per heavy atom. The van der Waals surface area contributed by atoms with Crippen molar-refractivity contribution < 1.29 is 14.3 Å². The molecule has 2 aromatic heterocycles. The maximum atomic E-state index is 11.3. The molecule has 0 amide bonds. The lowest BCUT2D eigenvalue weighted by atomic mass is 10.2. The SMILES string of the molecule is COC(=O)c1cc(OC)c2ccnn2c1. The molecule has 0 aliphatic heterocycles. The van der Waals surface area contributed by atoms with E-state index in [4.69, 9.17) is 4.74 Å². The predicted molar refractivity (Wildman–Crippen MR) is 53.1 cm³/mol. The molecule has 0 aromatic carbocycles. The molecule has 0 saturated heterocycles. The second kappa shape index (κ2) is 3.61. The highest BCUT2D eigenvalue weighted by Crippen LogP contribution is 2.21. The summed E-state index contributed by atoms with van der Waals surface area (Å²) in [4.78, 5) is 11.3. The lowest BCUT2D eigenvalue weighted by Gasteiger charge is -2.05. The van der Waals surface area contributed by atoms with Crippen LogP contribution in [0.25, 0.3) is 5.52 Å². The molecule has 2 rings (SSSR count). The molecule has 0 unspecified atom stereocenters. The number of hydrogen-bond donors (Lipinski definition) is 0. The van der Waals surface area contributed by atoms with Crippen LogP contribution >= 0.6 is 0 Å². The molecule has 0 N–H and O–H groups in total. The number of nitrogens with zero attached hydrogens (tertiary/aromatic N) is 2. The monoisotopic (exact) mass is 206 g/mol. The van der Waals surface area contributed by atoms with Crippen molar-refractivity contribution in [1.29, 1.82) is 0 Å². The topological polar surface area (TPSA) is 52.8 Å². The summed E-state index contributed by atoms with van der Waals surface area (Å²) in [5.74, 6) is 0.182. The van der Waals surface area contributed by atoms with E-state index in [1.54, 1.807) is 36.2 Å². The van der Waals surface area contributed by atoms with E-state index in [1.807, 2.05) is 0 Å². The Bertz CT molecular complexity index is 504. The maximum absolute atomic E-state index is 11.3. The Hall–Kier alpha value is -2.04. The lowest BCUT2D eigenvalue weighted by molar-refractivity contribution is 0.0599. The Morgan fingerprint density at radius 3 is 2.93 bits per heavy atom. The molecule has 0 aliphatic carbocycles. The first-order valence-electron chi connectivity index (χ1n) is 4.36. The molecule has 2 aromatic rings. The van der Waals surface area contributed by atoms with Crippen molar-refractivity contribution in [3.8, 4) is 5.75 Å². The first-order chi connectivity index (χ1) is 7.26. The van der Waals surface area contributed by atoms with Crippen LogP contribution < -0.4 is 4.74 Å². The van der Waals surface area contributed by atoms with Gasteiger partial charge in [0.25, 0.3) is 0 Å². The summed E-state index contributed by atoms with van der Waals surface area (Å²) in [5.41, 5.74) is 1.22. The Kier molecular flexibility index (Phi) is 2.29. The van der Waals surface area contributed by atoms with E-state index in [0.29, 0.717) is 11.3 Å². The standard InChI is InChI=1S/C10H10N2O3/c1-14-9-5-7(10(13)15-2)6-12-8(9)3-4-11-12/h3-6H,1-2H3. The van der Waals surface area contributed by atoms with Gasteiger partial charge in [-0.05, 0) is 12.1 Å². The number of carbonyl (C=O) groups is 1. The summed E-state index contributed by atoms with van der Waals surface area (Å²) in [6, 6.07) is 3.43. The Balaban J connectivity index is 2.63. The van der Waals surface area contributed by atoms with Crippen molar-refractivity contribution in [2.45, 2.75) is 0 Å². The van der Waals surface area contributed by atoms with Gasteiger partial charge in [-0.3, -0.25) is 0 Å². The fourth-order valence-electron chi connectivity index (χ4n) is 1.39. The number of pyridine rings is 1. The van der Waals surface area contributed by atoms with Gasteiger partial charge in [0.05, 0.1) is 26.0 Å². The van der Waals surface area contributed by atoms with Gasteiger partial charge in [-0.25, -0.2) is 9.31 Å². The minimum atomic E-state index is -0.411. The number of aromatic nitrogens is 2. The highest BCUT2D eigenvalue weighted by Gasteiger charge is 2.11. The molecule has 0 aliphatic rings. The van der Waals surface area contributed by atoms with Crippen LogP contribution in [0.4, 0.5) is 0 Å². The summed E-state index contributed by atoms with van der Waals surface area (Å²) < 4.78 is 11.4. The van der Waals surface area contributed by atoms with Gasteiger partial charge < -0.3 is 9.47 Å². The van der Waals surface area contributed by atoms with Gasteiger partial charge >= 0.3 is 5.97 Å². The number of hydrogen-bond acceptors (Lipinski definition) is 4. The normalized spacial score (nSPS) is 10.3. The number of esters is 1. The third-order valence-electron chi connectivity index (χ3n) is 2.11. The number of rotatable bonds is 2. The summed E-state index contributed by atoms with van der Waals surface area (Å²) in [6.07, 6.45) is 3.24. The second-order valence-electron chi connectivity index (χ2n) is 2.95. The van der Waals surface area contributed by atoms with Crippen LogP contribution in [0.2, 0.25) is 0 Å². The number of fused-ring (bicyclic) bond motifs is 1. The molecule has 0 spiro atoms. The smallest absolute Gasteiger partial charge is 0.339 e. The van der Waals surface area contributed by atoms with Crippen LogP contribution in [0.5, 0.6) is 5.75 Å². The van der Waals surface area contributed by atoms with Crippen molar-refractivity contribution in [1.82, 2.24) is 9.61 Å². The minimum Gasteiger partial charge on any atom is -0.494 e. The molecule has 0 fully saturated rings. The van der Waals surface area contributed by atoms with E-state index in [9.17, 15) is 4.79 Å². The van der Waals surface area contributed by atoms with E-state index in [0.717, 1.165) is 5.52 Å². The van der Waals surface area contributed by atoms with Gasteiger partial charge in [0.2, 0.25) is 0 Å². The molecule has 0 bridgehead atoms. The van der Waals surface area contributed by atoms with Crippen molar-refractivity contribution in [2.75, 3.05) is 14.2 Å². The molecular weight excluding hydrogens is 196 g/mol. The summed E-state index contributed by atoms with van der Waals surface area (Å²) in [7, 11) is 2.88. The number of ether oxygens (including phenoxy) is 2. The third kappa shape index (κ3) is 1.52. The van der Waals surface area contributed by atoms with E-state index >= 15 is 0 Å². The van der Waals surface area contributed by atoms with Gasteiger partial charge in [-0.15, -0.1) is 0 Å². The predicted octanol–water partition coefficient (Wildman–Crippen LogP) is 1.13. The number of methoxy groups -OCH3 is 2. The molecule has 5 heteroatoms. The van der Waals surface area contributed by atoms with Crippen LogP contribution in [0.1, 0.15) is 10.4 Å². The second-order valence-corrected chi connectivity index (χ2v) is 2.95. The highest BCUT2D eigenvalue weighted by molar-refractivity contribution is 5.90. The van der Waals surface area contributed by atoms with Gasteiger partial charge in [-0.2, -0.15) is 5.10 Å². The molecule has 0 atom stereocenters. The average molecular weight is 206 g/mol. The zero-order valence-electron chi connectivity index (χ0n) is 8.43. The summed E-state index contributed by atoms with van der Waals surface area (Å²) in [5, 5.41) is 4.03. The Morgan fingerprint density at radius 2 is 2.27 bits per heavy atom.